The molecule has 0 saturated carbocycles. The van der Waals surface area contributed by atoms with Crippen molar-refractivity contribution >= 4 is 22.5 Å². The van der Waals surface area contributed by atoms with Crippen LogP contribution in [0.1, 0.15) is 47.7 Å². The number of carbonyl (C=O) groups is 2. The zero-order valence-corrected chi connectivity index (χ0v) is 16.9. The fraction of sp³-hybridized carbons (Fsp3) is 0.200. The molecule has 3 aromatic carbocycles. The van der Waals surface area contributed by atoms with Crippen molar-refractivity contribution in [2.75, 3.05) is 7.11 Å². The van der Waals surface area contributed by atoms with Crippen molar-refractivity contribution in [2.24, 2.45) is 0 Å². The molecule has 2 aliphatic heterocycles. The standard InChI is InChI=1S/C25H20O5/c1-13(2)24-23(27)17-9-11-20-22(25(17)30-24)18(12-21(26)29-20)15-8-10-19(28-3)16-7-5-4-6-14(15)16/h4-11,18H,12H2,1-3H3/t18-/m1/s1. The van der Waals surface area contributed by atoms with Gasteiger partial charge in [-0.25, -0.2) is 0 Å². The molecule has 30 heavy (non-hydrogen) atoms. The normalized spacial score (nSPS) is 17.3. The Morgan fingerprint density at radius 1 is 0.967 bits per heavy atom. The number of benzene rings is 3. The van der Waals surface area contributed by atoms with Crippen LogP contribution in [0.3, 0.4) is 0 Å². The maximum Gasteiger partial charge on any atom is 0.312 e. The minimum absolute atomic E-state index is 0.136. The maximum absolute atomic E-state index is 12.8. The predicted octanol–water partition coefficient (Wildman–Crippen LogP) is 5.16. The van der Waals surface area contributed by atoms with Crippen LogP contribution in [0.5, 0.6) is 17.2 Å². The van der Waals surface area contributed by atoms with Gasteiger partial charge in [-0.2, -0.15) is 0 Å². The fourth-order valence-electron chi connectivity index (χ4n) is 4.36. The van der Waals surface area contributed by atoms with Crippen molar-refractivity contribution in [1.82, 2.24) is 0 Å². The fourth-order valence-corrected chi connectivity index (χ4v) is 4.36. The van der Waals surface area contributed by atoms with E-state index in [1.54, 1.807) is 19.2 Å². The average Bonchev–Trinajstić information content (AvgIpc) is 3.09. The number of rotatable bonds is 2. The number of esters is 1. The van der Waals surface area contributed by atoms with Crippen LogP contribution in [-0.2, 0) is 4.79 Å². The first-order valence-corrected chi connectivity index (χ1v) is 9.82. The predicted molar refractivity (Wildman–Crippen MR) is 112 cm³/mol. The smallest absolute Gasteiger partial charge is 0.312 e. The summed E-state index contributed by atoms with van der Waals surface area (Å²) in [6, 6.07) is 15.2. The number of Topliss-reactive ketones (excluding diaryl/α,β-unsaturated/α-hetero) is 1. The summed E-state index contributed by atoms with van der Waals surface area (Å²) in [6.45, 7) is 3.69. The molecule has 2 aliphatic rings. The van der Waals surface area contributed by atoms with E-state index in [1.807, 2.05) is 50.2 Å². The Hall–Kier alpha value is -3.60. The summed E-state index contributed by atoms with van der Waals surface area (Å²) in [5, 5.41) is 1.96. The first kappa shape index (κ1) is 18.4. The Kier molecular flexibility index (Phi) is 4.13. The molecule has 0 radical (unpaired) electrons. The van der Waals surface area contributed by atoms with Crippen LogP contribution in [0.15, 0.2) is 59.9 Å². The van der Waals surface area contributed by atoms with E-state index in [2.05, 4.69) is 0 Å². The van der Waals surface area contributed by atoms with Gasteiger partial charge in [0.2, 0.25) is 5.78 Å². The molecule has 0 amide bonds. The lowest BCUT2D eigenvalue weighted by Gasteiger charge is -2.27. The molecule has 2 heterocycles. The van der Waals surface area contributed by atoms with E-state index in [1.165, 1.54) is 0 Å². The lowest BCUT2D eigenvalue weighted by atomic mass is 9.82. The molecular weight excluding hydrogens is 380 g/mol. The van der Waals surface area contributed by atoms with Gasteiger partial charge < -0.3 is 14.2 Å². The Labute approximate surface area is 173 Å². The van der Waals surface area contributed by atoms with Crippen molar-refractivity contribution < 1.29 is 23.8 Å². The van der Waals surface area contributed by atoms with Crippen molar-refractivity contribution in [3.05, 3.63) is 76.6 Å². The Morgan fingerprint density at radius 2 is 1.73 bits per heavy atom. The van der Waals surface area contributed by atoms with E-state index >= 15 is 0 Å². The zero-order valence-electron chi connectivity index (χ0n) is 16.9. The summed E-state index contributed by atoms with van der Waals surface area (Å²) in [4.78, 5) is 25.3. The third kappa shape index (κ3) is 2.62. The van der Waals surface area contributed by atoms with Crippen molar-refractivity contribution in [3.8, 4) is 17.2 Å². The van der Waals surface area contributed by atoms with Crippen LogP contribution >= 0.6 is 0 Å². The molecule has 0 bridgehead atoms. The second-order valence-corrected chi connectivity index (χ2v) is 7.75. The van der Waals surface area contributed by atoms with E-state index in [4.69, 9.17) is 14.2 Å². The number of ketones is 1. The minimum Gasteiger partial charge on any atom is -0.496 e. The van der Waals surface area contributed by atoms with Gasteiger partial charge in [-0.05, 0) is 48.6 Å². The Morgan fingerprint density at radius 3 is 2.47 bits per heavy atom. The summed E-state index contributed by atoms with van der Waals surface area (Å²) in [6.07, 6.45) is 0.168. The van der Waals surface area contributed by atoms with Crippen molar-refractivity contribution in [1.29, 1.82) is 0 Å². The van der Waals surface area contributed by atoms with Crippen LogP contribution in [-0.4, -0.2) is 18.9 Å². The number of hydrogen-bond donors (Lipinski definition) is 0. The van der Waals surface area contributed by atoms with Crippen molar-refractivity contribution in [2.45, 2.75) is 26.2 Å². The molecule has 0 unspecified atom stereocenters. The molecular formula is C25H20O5. The van der Waals surface area contributed by atoms with Crippen LogP contribution in [0.25, 0.3) is 10.8 Å². The van der Waals surface area contributed by atoms with Gasteiger partial charge in [0, 0.05) is 16.9 Å². The van der Waals surface area contributed by atoms with E-state index in [-0.39, 0.29) is 24.1 Å². The molecule has 0 N–H and O–H groups in total. The lowest BCUT2D eigenvalue weighted by Crippen LogP contribution is -2.21. The first-order valence-electron chi connectivity index (χ1n) is 9.82. The van der Waals surface area contributed by atoms with E-state index in [0.29, 0.717) is 22.8 Å². The summed E-state index contributed by atoms with van der Waals surface area (Å²) < 4.78 is 17.1. The Balaban J connectivity index is 1.77. The summed E-state index contributed by atoms with van der Waals surface area (Å²) in [5.74, 6) is 1.31. The van der Waals surface area contributed by atoms with E-state index < -0.39 is 0 Å². The quantitative estimate of drug-likeness (QED) is 0.338. The molecule has 1 atom stereocenters. The highest BCUT2D eigenvalue weighted by Crippen LogP contribution is 2.50. The van der Waals surface area contributed by atoms with Gasteiger partial charge in [0.1, 0.15) is 17.2 Å². The molecule has 5 nitrogen and oxygen atoms in total. The van der Waals surface area contributed by atoms with E-state index in [9.17, 15) is 9.59 Å². The highest BCUT2D eigenvalue weighted by atomic mass is 16.5. The Bertz CT molecular complexity index is 1260. The van der Waals surface area contributed by atoms with Gasteiger partial charge in [0.25, 0.3) is 0 Å². The molecule has 0 aromatic heterocycles. The minimum atomic E-state index is -0.306. The van der Waals surface area contributed by atoms with Crippen molar-refractivity contribution in [3.63, 3.8) is 0 Å². The monoisotopic (exact) mass is 400 g/mol. The lowest BCUT2D eigenvalue weighted by molar-refractivity contribution is -0.135. The first-order chi connectivity index (χ1) is 14.5. The second kappa shape index (κ2) is 6.73. The third-order valence-electron chi connectivity index (χ3n) is 5.72. The molecule has 0 fully saturated rings. The average molecular weight is 400 g/mol. The zero-order chi connectivity index (χ0) is 21.0. The molecule has 5 heteroatoms. The molecule has 3 aromatic rings. The van der Waals surface area contributed by atoms with Crippen LogP contribution in [0.4, 0.5) is 0 Å². The molecule has 0 spiro atoms. The number of ether oxygens (including phenoxy) is 3. The molecule has 150 valence electrons. The number of hydrogen-bond acceptors (Lipinski definition) is 5. The number of carbonyl (C=O) groups excluding carboxylic acids is 2. The SMILES string of the molecule is COc1ccc([C@H]2CC(=O)Oc3ccc4c(c32)OC(=C(C)C)C4=O)c2ccccc12. The summed E-state index contributed by atoms with van der Waals surface area (Å²) >= 11 is 0. The summed E-state index contributed by atoms with van der Waals surface area (Å²) in [5.41, 5.74) is 3.03. The van der Waals surface area contributed by atoms with Gasteiger partial charge in [0.15, 0.2) is 5.76 Å². The van der Waals surface area contributed by atoms with Crippen LogP contribution < -0.4 is 14.2 Å². The number of methoxy groups -OCH3 is 1. The number of allylic oxidation sites excluding steroid dienone is 2. The topological polar surface area (TPSA) is 61.8 Å². The highest BCUT2D eigenvalue weighted by molar-refractivity contribution is 6.13. The summed E-state index contributed by atoms with van der Waals surface area (Å²) in [7, 11) is 1.64. The van der Waals surface area contributed by atoms with Crippen LogP contribution in [0.2, 0.25) is 0 Å². The number of fused-ring (bicyclic) bond motifs is 4. The largest absolute Gasteiger partial charge is 0.496 e. The van der Waals surface area contributed by atoms with Gasteiger partial charge in [-0.1, -0.05) is 30.3 Å². The third-order valence-corrected chi connectivity index (χ3v) is 5.72. The van der Waals surface area contributed by atoms with Gasteiger partial charge in [0.05, 0.1) is 19.1 Å². The van der Waals surface area contributed by atoms with Crippen LogP contribution in [0, 0.1) is 0 Å². The molecule has 0 aliphatic carbocycles. The maximum atomic E-state index is 12.8. The second-order valence-electron chi connectivity index (χ2n) is 7.75. The molecule has 5 rings (SSSR count). The highest BCUT2D eigenvalue weighted by Gasteiger charge is 2.39. The van der Waals surface area contributed by atoms with E-state index in [0.717, 1.165) is 33.2 Å². The van der Waals surface area contributed by atoms with Gasteiger partial charge in [-0.3, -0.25) is 9.59 Å². The molecule has 0 saturated heterocycles. The van der Waals surface area contributed by atoms with Gasteiger partial charge in [-0.15, -0.1) is 0 Å². The van der Waals surface area contributed by atoms with Gasteiger partial charge >= 0.3 is 5.97 Å².